The lowest BCUT2D eigenvalue weighted by molar-refractivity contribution is -0.0722. The quantitative estimate of drug-likeness (QED) is 0.387. The molecular weight excluding hydrogens is 451 g/mol. The monoisotopic (exact) mass is 479 g/mol. The fraction of sp³-hybridized carbons (Fsp3) is 0.417. The number of methoxy groups -OCH3 is 3. The van der Waals surface area contributed by atoms with Gasteiger partial charge in [-0.3, -0.25) is 0 Å². The number of hydrogen-bond acceptors (Lipinski definition) is 7. The van der Waals surface area contributed by atoms with Crippen molar-refractivity contribution in [3.05, 3.63) is 53.1 Å². The topological polar surface area (TPSA) is 74.7 Å². The fourth-order valence-electron chi connectivity index (χ4n) is 3.58. The number of anilines is 1. The van der Waals surface area contributed by atoms with Crippen molar-refractivity contribution >= 4 is 16.7 Å². The molecule has 1 N–H and O–H groups in total. The number of aromatic nitrogens is 2. The normalized spacial score (nSPS) is 12.6. The molecule has 0 saturated heterocycles. The second kappa shape index (κ2) is 10.9. The van der Waals surface area contributed by atoms with Crippen LogP contribution in [0.5, 0.6) is 11.5 Å². The van der Waals surface area contributed by atoms with Crippen LogP contribution in [0.4, 0.5) is 19.0 Å². The average molecular weight is 479 g/mol. The minimum Gasteiger partial charge on any atom is -0.493 e. The van der Waals surface area contributed by atoms with E-state index in [4.69, 9.17) is 14.2 Å². The van der Waals surface area contributed by atoms with Gasteiger partial charge < -0.3 is 24.3 Å². The van der Waals surface area contributed by atoms with E-state index in [9.17, 15) is 8.78 Å². The van der Waals surface area contributed by atoms with Gasteiger partial charge in [-0.1, -0.05) is 12.1 Å². The first-order valence-corrected chi connectivity index (χ1v) is 10.6. The number of fused-ring (bicyclic) bond motifs is 1. The number of benzene rings is 2. The molecule has 0 radical (unpaired) electrons. The van der Waals surface area contributed by atoms with Gasteiger partial charge in [0.05, 0.1) is 30.8 Å². The van der Waals surface area contributed by atoms with Crippen molar-refractivity contribution in [2.24, 2.45) is 0 Å². The molecule has 3 rings (SSSR count). The third-order valence-electron chi connectivity index (χ3n) is 5.21. The first-order chi connectivity index (χ1) is 16.2. The zero-order valence-corrected chi connectivity index (χ0v) is 19.7. The third-order valence-corrected chi connectivity index (χ3v) is 5.21. The molecule has 0 aliphatic carbocycles. The van der Waals surface area contributed by atoms with Crippen LogP contribution < -0.4 is 14.8 Å². The molecule has 10 heteroatoms. The molecular formula is C24H28F3N3O4. The third kappa shape index (κ3) is 5.51. The minimum absolute atomic E-state index is 0.0720. The number of nitrogens with zero attached hydrogens (tertiary/aromatic N) is 2. The molecule has 0 saturated carbocycles. The van der Waals surface area contributed by atoms with E-state index < -0.39 is 30.0 Å². The molecule has 184 valence electrons. The summed E-state index contributed by atoms with van der Waals surface area (Å²) >= 11 is 0. The summed E-state index contributed by atoms with van der Waals surface area (Å²) in [5.41, 5.74) is -0.0652. The first kappa shape index (κ1) is 25.5. The van der Waals surface area contributed by atoms with Crippen LogP contribution in [0.25, 0.3) is 10.9 Å². The number of halogens is 3. The number of rotatable bonds is 11. The zero-order valence-electron chi connectivity index (χ0n) is 19.7. The zero-order chi connectivity index (χ0) is 24.9. The number of ether oxygens (including phenoxy) is 4. The lowest BCUT2D eigenvalue weighted by Gasteiger charge is -2.22. The molecule has 0 aliphatic heterocycles. The standard InChI is InChI=1S/C24H28F3N3O4/c1-14(16-7-6-8-18(22(16)25)24(26,27)13-32-4)28-23-17-11-21(34-10-9-31-3)20(33-5)12-19(17)29-15(2)30-23/h6-8,11-12,14H,9-10,13H2,1-5H3,(H,28,29,30)/t14-/m1/s1. The van der Waals surface area contributed by atoms with Crippen LogP contribution in [-0.4, -0.2) is 51.1 Å². The molecule has 1 aromatic heterocycles. The summed E-state index contributed by atoms with van der Waals surface area (Å²) in [6, 6.07) is 6.66. The maximum absolute atomic E-state index is 15.1. The van der Waals surface area contributed by atoms with Gasteiger partial charge in [0.2, 0.25) is 0 Å². The van der Waals surface area contributed by atoms with E-state index in [1.54, 1.807) is 33.1 Å². The van der Waals surface area contributed by atoms with E-state index in [1.165, 1.54) is 19.2 Å². The van der Waals surface area contributed by atoms with Gasteiger partial charge in [-0.05, 0) is 26.0 Å². The Hall–Kier alpha value is -3.11. The van der Waals surface area contributed by atoms with E-state index in [0.717, 1.165) is 13.2 Å². The van der Waals surface area contributed by atoms with E-state index in [0.29, 0.717) is 47.3 Å². The Morgan fingerprint density at radius 3 is 2.47 bits per heavy atom. The van der Waals surface area contributed by atoms with E-state index >= 15 is 4.39 Å². The maximum atomic E-state index is 15.1. The van der Waals surface area contributed by atoms with E-state index in [1.807, 2.05) is 0 Å². The summed E-state index contributed by atoms with van der Waals surface area (Å²) in [5, 5.41) is 3.74. The molecule has 0 aliphatic rings. The largest absolute Gasteiger partial charge is 0.493 e. The molecule has 3 aromatic rings. The van der Waals surface area contributed by atoms with Crippen molar-refractivity contribution in [3.63, 3.8) is 0 Å². The summed E-state index contributed by atoms with van der Waals surface area (Å²) in [6.07, 6.45) is 0. The molecule has 0 amide bonds. The maximum Gasteiger partial charge on any atom is 0.298 e. The highest BCUT2D eigenvalue weighted by molar-refractivity contribution is 5.92. The first-order valence-electron chi connectivity index (χ1n) is 10.6. The van der Waals surface area contributed by atoms with Crippen molar-refractivity contribution in [2.45, 2.75) is 25.8 Å². The number of alkyl halides is 2. The highest BCUT2D eigenvalue weighted by Crippen LogP contribution is 2.37. The SMILES string of the molecule is COCCOc1cc2c(N[C@H](C)c3cccc(C(F)(F)COC)c3F)nc(C)nc2cc1OC. The lowest BCUT2D eigenvalue weighted by Crippen LogP contribution is -2.23. The molecule has 2 aromatic carbocycles. The Balaban J connectivity index is 2.00. The second-order valence-electron chi connectivity index (χ2n) is 7.69. The average Bonchev–Trinajstić information content (AvgIpc) is 2.78. The Labute approximate surface area is 196 Å². The summed E-state index contributed by atoms with van der Waals surface area (Å²) < 4.78 is 64.6. The predicted molar refractivity (Wildman–Crippen MR) is 122 cm³/mol. The van der Waals surface area contributed by atoms with Crippen molar-refractivity contribution < 1.29 is 32.1 Å². The van der Waals surface area contributed by atoms with Crippen LogP contribution in [0.2, 0.25) is 0 Å². The smallest absolute Gasteiger partial charge is 0.298 e. The molecule has 0 spiro atoms. The van der Waals surface area contributed by atoms with Crippen LogP contribution >= 0.6 is 0 Å². The van der Waals surface area contributed by atoms with Gasteiger partial charge in [-0.15, -0.1) is 0 Å². The fourth-order valence-corrected chi connectivity index (χ4v) is 3.58. The summed E-state index contributed by atoms with van der Waals surface area (Å²) in [6.45, 7) is 3.16. The van der Waals surface area contributed by atoms with Gasteiger partial charge in [0.25, 0.3) is 5.92 Å². The van der Waals surface area contributed by atoms with Crippen LogP contribution in [0.3, 0.4) is 0 Å². The number of hydrogen-bond donors (Lipinski definition) is 1. The van der Waals surface area contributed by atoms with Gasteiger partial charge in [0, 0.05) is 31.2 Å². The van der Waals surface area contributed by atoms with Crippen LogP contribution in [0.1, 0.15) is 29.9 Å². The highest BCUT2D eigenvalue weighted by atomic mass is 19.3. The van der Waals surface area contributed by atoms with Gasteiger partial charge >= 0.3 is 0 Å². The van der Waals surface area contributed by atoms with E-state index in [2.05, 4.69) is 20.0 Å². The van der Waals surface area contributed by atoms with Crippen molar-refractivity contribution in [3.8, 4) is 11.5 Å². The lowest BCUT2D eigenvalue weighted by atomic mass is 10.00. The van der Waals surface area contributed by atoms with Crippen LogP contribution in [0, 0.1) is 12.7 Å². The van der Waals surface area contributed by atoms with Gasteiger partial charge in [0.1, 0.15) is 30.7 Å². The Bertz CT molecular complexity index is 1140. The van der Waals surface area contributed by atoms with Crippen molar-refractivity contribution in [1.29, 1.82) is 0 Å². The van der Waals surface area contributed by atoms with Gasteiger partial charge in [-0.2, -0.15) is 8.78 Å². The second-order valence-corrected chi connectivity index (χ2v) is 7.69. The summed E-state index contributed by atoms with van der Waals surface area (Å²) in [4.78, 5) is 8.90. The van der Waals surface area contributed by atoms with Crippen molar-refractivity contribution in [1.82, 2.24) is 9.97 Å². The van der Waals surface area contributed by atoms with Gasteiger partial charge in [0.15, 0.2) is 11.5 Å². The van der Waals surface area contributed by atoms with Gasteiger partial charge in [-0.25, -0.2) is 14.4 Å². The molecule has 34 heavy (non-hydrogen) atoms. The minimum atomic E-state index is -3.46. The van der Waals surface area contributed by atoms with Crippen LogP contribution in [0.15, 0.2) is 30.3 Å². The Kier molecular flexibility index (Phi) is 8.16. The molecule has 0 fully saturated rings. The Morgan fingerprint density at radius 1 is 1.03 bits per heavy atom. The van der Waals surface area contributed by atoms with E-state index in [-0.39, 0.29) is 5.56 Å². The highest BCUT2D eigenvalue weighted by Gasteiger charge is 2.36. The van der Waals surface area contributed by atoms with Crippen molar-refractivity contribution in [2.75, 3.05) is 46.5 Å². The molecule has 0 unspecified atom stereocenters. The summed E-state index contributed by atoms with van der Waals surface area (Å²) in [5.74, 6) is -2.63. The predicted octanol–water partition coefficient (Wildman–Crippen LogP) is 5.02. The number of aryl methyl sites for hydroxylation is 1. The molecule has 1 heterocycles. The molecule has 1 atom stereocenters. The molecule has 7 nitrogen and oxygen atoms in total. The number of nitrogens with one attached hydrogen (secondary N) is 1. The van der Waals surface area contributed by atoms with Crippen LogP contribution in [-0.2, 0) is 15.4 Å². The summed E-state index contributed by atoms with van der Waals surface area (Å²) in [7, 11) is 4.24. The molecule has 0 bridgehead atoms. The Morgan fingerprint density at radius 2 is 1.79 bits per heavy atom.